The quantitative estimate of drug-likeness (QED) is 0.625. The molecule has 0 bridgehead atoms. The molecule has 0 atom stereocenters. The minimum absolute atomic E-state index is 0. The van der Waals surface area contributed by atoms with Crippen molar-refractivity contribution in [1.29, 1.82) is 0 Å². The monoisotopic (exact) mass is 230 g/mol. The summed E-state index contributed by atoms with van der Waals surface area (Å²) < 4.78 is 0. The summed E-state index contributed by atoms with van der Waals surface area (Å²) in [6, 6.07) is 8.30. The first kappa shape index (κ1) is 18.1. The number of hydrogen-bond acceptors (Lipinski definition) is 1. The van der Waals surface area contributed by atoms with Gasteiger partial charge in [-0.05, 0) is 12.1 Å². The summed E-state index contributed by atoms with van der Waals surface area (Å²) in [6.45, 7) is 0. The summed E-state index contributed by atoms with van der Waals surface area (Å²) in [5, 5.41) is 8.38. The zero-order valence-corrected chi connectivity index (χ0v) is 10.6. The molecule has 0 aromatic heterocycles. The predicted octanol–water partition coefficient (Wildman–Crippen LogP) is -1.08. The molecule has 2 nitrogen and oxygen atoms in total. The molecular formula is C7H8ClLiO2Zn. The third-order valence-corrected chi connectivity index (χ3v) is 1.02. The number of carboxylic acids is 1. The molecule has 1 N–H and O–H groups in total. The topological polar surface area (TPSA) is 37.3 Å². The first-order chi connectivity index (χ1) is 4.30. The van der Waals surface area contributed by atoms with Crippen molar-refractivity contribution < 1.29 is 49.7 Å². The van der Waals surface area contributed by atoms with Gasteiger partial charge >= 0.3 is 24.8 Å². The molecule has 1 aromatic rings. The molecule has 58 valence electrons. The van der Waals surface area contributed by atoms with Crippen molar-refractivity contribution in [3.8, 4) is 0 Å². The smallest absolute Gasteiger partial charge is 1.00 e. The van der Waals surface area contributed by atoms with Gasteiger partial charge in [0.2, 0.25) is 0 Å². The Labute approximate surface area is 104 Å². The molecule has 12 heavy (non-hydrogen) atoms. The molecule has 0 radical (unpaired) electrons. The molecule has 0 amide bonds. The van der Waals surface area contributed by atoms with Gasteiger partial charge in [0.25, 0.3) is 0 Å². The van der Waals surface area contributed by atoms with E-state index in [0.29, 0.717) is 5.56 Å². The number of rotatable bonds is 1. The van der Waals surface area contributed by atoms with Crippen LogP contribution in [0.5, 0.6) is 0 Å². The molecule has 0 fully saturated rings. The van der Waals surface area contributed by atoms with Crippen LogP contribution >= 0.6 is 12.4 Å². The van der Waals surface area contributed by atoms with Gasteiger partial charge < -0.3 is 6.53 Å². The summed E-state index contributed by atoms with van der Waals surface area (Å²) in [5.41, 5.74) is 0.331. The minimum Gasteiger partial charge on any atom is -1.00 e. The van der Waals surface area contributed by atoms with E-state index < -0.39 is 5.97 Å². The van der Waals surface area contributed by atoms with Gasteiger partial charge in [-0.1, -0.05) is 18.2 Å². The van der Waals surface area contributed by atoms with Gasteiger partial charge in [-0.3, -0.25) is 0 Å². The third-order valence-electron chi connectivity index (χ3n) is 1.02. The van der Waals surface area contributed by atoms with Crippen LogP contribution in [-0.2, 0) is 19.5 Å². The summed E-state index contributed by atoms with van der Waals surface area (Å²) >= 11 is 0. The first-order valence-corrected chi connectivity index (χ1v) is 2.59. The van der Waals surface area contributed by atoms with Crippen molar-refractivity contribution in [2.45, 2.75) is 0 Å². The van der Waals surface area contributed by atoms with Crippen LogP contribution in [0.2, 0.25) is 0 Å². The van der Waals surface area contributed by atoms with Crippen LogP contribution in [0.4, 0.5) is 0 Å². The third kappa shape index (κ3) is 5.80. The first-order valence-electron chi connectivity index (χ1n) is 2.59. The summed E-state index contributed by atoms with van der Waals surface area (Å²) in [6.07, 6.45) is 0. The fourth-order valence-electron chi connectivity index (χ4n) is 0.581. The Hall–Kier alpha value is 0.201. The van der Waals surface area contributed by atoms with E-state index >= 15 is 0 Å². The molecule has 0 saturated heterocycles. The number of aromatic carboxylic acids is 1. The number of hydrogen-bond donors (Lipinski definition) is 1. The molecule has 1 aromatic carbocycles. The minimum atomic E-state index is -0.879. The Morgan fingerprint density at radius 1 is 1.25 bits per heavy atom. The van der Waals surface area contributed by atoms with Gasteiger partial charge in [0.15, 0.2) is 0 Å². The average molecular weight is 232 g/mol. The van der Waals surface area contributed by atoms with E-state index in [1.54, 1.807) is 30.3 Å². The van der Waals surface area contributed by atoms with Gasteiger partial charge in [0, 0.05) is 19.5 Å². The Bertz CT molecular complexity index is 223. The Balaban J connectivity index is -0.000000101. The molecule has 0 saturated carbocycles. The van der Waals surface area contributed by atoms with Crippen LogP contribution in [0.3, 0.4) is 0 Å². The molecule has 5 heteroatoms. The van der Waals surface area contributed by atoms with E-state index in [9.17, 15) is 4.79 Å². The van der Waals surface area contributed by atoms with Gasteiger partial charge in [-0.15, -0.1) is 12.4 Å². The maximum absolute atomic E-state index is 10.2. The second kappa shape index (κ2) is 9.29. The largest absolute Gasteiger partial charge is 1.00 e. The van der Waals surface area contributed by atoms with Crippen LogP contribution in [0.1, 0.15) is 11.8 Å². The molecule has 0 aliphatic rings. The number of carboxylic acid groups (broad SMARTS) is 1. The van der Waals surface area contributed by atoms with Crippen molar-refractivity contribution in [2.75, 3.05) is 0 Å². The van der Waals surface area contributed by atoms with Gasteiger partial charge in [-0.25, -0.2) is 4.79 Å². The number of halogens is 1. The normalized spacial score (nSPS) is 6.67. The van der Waals surface area contributed by atoms with Crippen LogP contribution in [0.25, 0.3) is 0 Å². The van der Waals surface area contributed by atoms with E-state index in [4.69, 9.17) is 5.11 Å². The van der Waals surface area contributed by atoms with Crippen molar-refractivity contribution in [3.63, 3.8) is 0 Å². The van der Waals surface area contributed by atoms with E-state index in [1.165, 1.54) is 0 Å². The van der Waals surface area contributed by atoms with Crippen molar-refractivity contribution in [3.05, 3.63) is 35.9 Å². The molecular weight excluding hydrogens is 224 g/mol. The zero-order chi connectivity index (χ0) is 6.69. The standard InChI is InChI=1S/C7H6O2.ClH.Li.Zn.H/c8-7(9)6-4-2-1-3-5-6;;;;/h1-5H,(H,8,9);1H;;;/q;;+1;;-1. The van der Waals surface area contributed by atoms with Crippen LogP contribution in [-0.4, -0.2) is 11.1 Å². The van der Waals surface area contributed by atoms with E-state index in [1.807, 2.05) is 0 Å². The fraction of sp³-hybridized carbons (Fsp3) is 0. The van der Waals surface area contributed by atoms with E-state index in [-0.39, 0.29) is 52.2 Å². The SMILES string of the molecule is Cl.O=C(O)c1ccccc1.[H-].[Li+].[Zn]. The van der Waals surface area contributed by atoms with Gasteiger partial charge in [0.05, 0.1) is 5.56 Å². The van der Waals surface area contributed by atoms with Crippen molar-refractivity contribution >= 4 is 18.4 Å². The van der Waals surface area contributed by atoms with E-state index in [0.717, 1.165) is 0 Å². The summed E-state index contributed by atoms with van der Waals surface area (Å²) in [5.74, 6) is -0.879. The summed E-state index contributed by atoms with van der Waals surface area (Å²) in [7, 11) is 0. The molecule has 1 rings (SSSR count). The van der Waals surface area contributed by atoms with Crippen molar-refractivity contribution in [1.82, 2.24) is 0 Å². The summed E-state index contributed by atoms with van der Waals surface area (Å²) in [4.78, 5) is 10.2. The Morgan fingerprint density at radius 2 is 1.67 bits per heavy atom. The molecule has 0 unspecified atom stereocenters. The van der Waals surface area contributed by atoms with Crippen molar-refractivity contribution in [2.24, 2.45) is 0 Å². The molecule has 0 aliphatic heterocycles. The van der Waals surface area contributed by atoms with Gasteiger partial charge in [0.1, 0.15) is 0 Å². The van der Waals surface area contributed by atoms with Crippen LogP contribution in [0.15, 0.2) is 30.3 Å². The zero-order valence-electron chi connectivity index (χ0n) is 7.86. The van der Waals surface area contributed by atoms with Crippen LogP contribution in [0, 0.1) is 0 Å². The Morgan fingerprint density at radius 3 is 1.92 bits per heavy atom. The Kier molecular flexibility index (Phi) is 14.0. The number of benzene rings is 1. The number of carbonyl (C=O) groups is 1. The fourth-order valence-corrected chi connectivity index (χ4v) is 0.581. The van der Waals surface area contributed by atoms with E-state index in [2.05, 4.69) is 0 Å². The second-order valence-electron chi connectivity index (χ2n) is 1.67. The van der Waals surface area contributed by atoms with Crippen LogP contribution < -0.4 is 18.9 Å². The molecule has 0 aliphatic carbocycles. The maximum atomic E-state index is 10.2. The molecule has 0 heterocycles. The molecule has 0 spiro atoms. The maximum Gasteiger partial charge on any atom is 1.00 e. The second-order valence-corrected chi connectivity index (χ2v) is 1.67. The average Bonchev–Trinajstić information content (AvgIpc) is 1.90. The van der Waals surface area contributed by atoms with Gasteiger partial charge in [-0.2, -0.15) is 0 Å². The predicted molar refractivity (Wildman–Crippen MR) is 41.8 cm³/mol.